The van der Waals surface area contributed by atoms with Gasteiger partial charge in [0, 0.05) is 23.8 Å². The molecule has 2 aliphatic rings. The van der Waals surface area contributed by atoms with Crippen molar-refractivity contribution in [2.24, 2.45) is 5.92 Å². The topological polar surface area (TPSA) is 42.0 Å². The smallest absolute Gasteiger partial charge is 0.223 e. The van der Waals surface area contributed by atoms with Crippen molar-refractivity contribution in [1.29, 1.82) is 0 Å². The molecule has 0 aromatic carbocycles. The minimum absolute atomic E-state index is 0.267. The van der Waals surface area contributed by atoms with Gasteiger partial charge < -0.3 is 5.32 Å². The van der Waals surface area contributed by atoms with Gasteiger partial charge in [-0.1, -0.05) is 19.3 Å². The zero-order valence-electron chi connectivity index (χ0n) is 11.4. The van der Waals surface area contributed by atoms with Gasteiger partial charge in [0.25, 0.3) is 0 Å². The molecular weight excluding hydrogens is 256 g/mol. The summed E-state index contributed by atoms with van der Waals surface area (Å²) < 4.78 is 0. The first kappa shape index (κ1) is 13.1. The maximum atomic E-state index is 12.0. The minimum atomic E-state index is 0.267. The highest BCUT2D eigenvalue weighted by atomic mass is 32.1. The van der Waals surface area contributed by atoms with Crippen molar-refractivity contribution < 1.29 is 4.79 Å². The third kappa shape index (κ3) is 3.16. The zero-order valence-corrected chi connectivity index (χ0v) is 12.2. The lowest BCUT2D eigenvalue weighted by Crippen LogP contribution is -2.33. The van der Waals surface area contributed by atoms with E-state index in [0.29, 0.717) is 0 Å². The molecule has 0 unspecified atom stereocenters. The molecule has 1 aromatic rings. The van der Waals surface area contributed by atoms with Gasteiger partial charge in [-0.15, -0.1) is 11.3 Å². The fourth-order valence-electron chi connectivity index (χ4n) is 3.15. The van der Waals surface area contributed by atoms with Gasteiger partial charge in [-0.25, -0.2) is 4.98 Å². The first-order valence-electron chi connectivity index (χ1n) is 7.58. The number of carbonyl (C=O) groups is 1. The van der Waals surface area contributed by atoms with Crippen LogP contribution in [-0.2, 0) is 24.1 Å². The summed E-state index contributed by atoms with van der Waals surface area (Å²) in [5.41, 5.74) is 1.32. The van der Waals surface area contributed by atoms with Gasteiger partial charge in [-0.3, -0.25) is 4.79 Å². The molecule has 2 aliphatic carbocycles. The summed E-state index contributed by atoms with van der Waals surface area (Å²) >= 11 is 1.85. The summed E-state index contributed by atoms with van der Waals surface area (Å²) in [6, 6.07) is 0. The molecule has 1 N–H and O–H groups in total. The van der Waals surface area contributed by atoms with Crippen molar-refractivity contribution in [2.75, 3.05) is 6.54 Å². The lowest BCUT2D eigenvalue weighted by molar-refractivity contribution is -0.125. The normalized spacial score (nSPS) is 19.4. The number of nitrogens with zero attached hydrogens (tertiary/aromatic N) is 1. The van der Waals surface area contributed by atoms with E-state index in [1.807, 2.05) is 11.3 Å². The molecule has 0 bridgehead atoms. The Morgan fingerprint density at radius 3 is 2.84 bits per heavy atom. The number of aromatic nitrogens is 1. The van der Waals surface area contributed by atoms with Gasteiger partial charge in [-0.05, 0) is 32.1 Å². The molecule has 104 valence electrons. The highest BCUT2D eigenvalue weighted by molar-refractivity contribution is 7.11. The molecule has 1 fully saturated rings. The number of amides is 1. The lowest BCUT2D eigenvalue weighted by Gasteiger charge is -2.20. The first-order chi connectivity index (χ1) is 9.33. The summed E-state index contributed by atoms with van der Waals surface area (Å²) in [5, 5.41) is 4.30. The predicted molar refractivity (Wildman–Crippen MR) is 77.4 cm³/mol. The van der Waals surface area contributed by atoms with Crippen molar-refractivity contribution in [3.8, 4) is 0 Å². The van der Waals surface area contributed by atoms with Crippen LogP contribution in [0.5, 0.6) is 0 Å². The number of nitrogens with one attached hydrogen (secondary N) is 1. The molecule has 0 saturated heterocycles. The zero-order chi connectivity index (χ0) is 13.1. The van der Waals surface area contributed by atoms with Crippen LogP contribution in [0.1, 0.15) is 54.1 Å². The second-order valence-corrected chi connectivity index (χ2v) is 6.88. The highest BCUT2D eigenvalue weighted by Crippen LogP contribution is 2.27. The molecular formula is C15H22N2OS. The van der Waals surface area contributed by atoms with Crippen LogP contribution < -0.4 is 5.32 Å². The molecule has 3 rings (SSSR count). The van der Waals surface area contributed by atoms with Crippen molar-refractivity contribution >= 4 is 17.2 Å². The van der Waals surface area contributed by atoms with Crippen molar-refractivity contribution in [2.45, 2.75) is 57.8 Å². The van der Waals surface area contributed by atoms with Gasteiger partial charge in [0.15, 0.2) is 0 Å². The van der Waals surface area contributed by atoms with Crippen LogP contribution in [0.15, 0.2) is 0 Å². The van der Waals surface area contributed by atoms with E-state index < -0.39 is 0 Å². The maximum absolute atomic E-state index is 12.0. The number of thiazole rings is 1. The third-order valence-electron chi connectivity index (χ3n) is 4.25. The van der Waals surface area contributed by atoms with Crippen LogP contribution in [0.2, 0.25) is 0 Å². The molecule has 19 heavy (non-hydrogen) atoms. The standard InChI is InChI=1S/C15H22N2OS/c18-15(11-5-2-1-3-6-11)16-10-9-14-17-12-7-4-8-13(12)19-14/h11H,1-10H2,(H,16,18). The molecule has 4 heteroatoms. The Hall–Kier alpha value is -0.900. The average Bonchev–Trinajstić information content (AvgIpc) is 3.00. The van der Waals surface area contributed by atoms with Gasteiger partial charge in [-0.2, -0.15) is 0 Å². The monoisotopic (exact) mass is 278 g/mol. The number of fused-ring (bicyclic) bond motifs is 1. The van der Waals surface area contributed by atoms with Crippen LogP contribution in [0.4, 0.5) is 0 Å². The number of carbonyl (C=O) groups excluding carboxylic acids is 1. The number of aryl methyl sites for hydroxylation is 2. The summed E-state index contributed by atoms with van der Waals surface area (Å²) in [6.07, 6.45) is 10.4. The van der Waals surface area contributed by atoms with E-state index in [9.17, 15) is 4.79 Å². The molecule has 0 radical (unpaired) electrons. The number of hydrogen-bond acceptors (Lipinski definition) is 3. The molecule has 1 saturated carbocycles. The second kappa shape index (κ2) is 6.04. The summed E-state index contributed by atoms with van der Waals surface area (Å²) in [5.74, 6) is 0.541. The Morgan fingerprint density at radius 2 is 2.05 bits per heavy atom. The number of rotatable bonds is 4. The van der Waals surface area contributed by atoms with E-state index in [0.717, 1.165) is 32.2 Å². The van der Waals surface area contributed by atoms with E-state index in [1.54, 1.807) is 0 Å². The SMILES string of the molecule is O=C(NCCc1nc2c(s1)CCC2)C1CCCCC1. The van der Waals surface area contributed by atoms with Gasteiger partial charge in [0.05, 0.1) is 10.7 Å². The molecule has 1 heterocycles. The average molecular weight is 278 g/mol. The summed E-state index contributed by atoms with van der Waals surface area (Å²) in [4.78, 5) is 18.1. The Bertz CT molecular complexity index is 427. The fraction of sp³-hybridized carbons (Fsp3) is 0.733. The summed E-state index contributed by atoms with van der Waals surface area (Å²) in [7, 11) is 0. The van der Waals surface area contributed by atoms with Crippen LogP contribution in [0.25, 0.3) is 0 Å². The van der Waals surface area contributed by atoms with Crippen LogP contribution in [0, 0.1) is 5.92 Å². The second-order valence-electron chi connectivity index (χ2n) is 5.71. The Labute approximate surface area is 118 Å². The minimum Gasteiger partial charge on any atom is -0.355 e. The molecule has 0 spiro atoms. The molecule has 0 atom stereocenters. The third-order valence-corrected chi connectivity index (χ3v) is 5.47. The van der Waals surface area contributed by atoms with Crippen LogP contribution >= 0.6 is 11.3 Å². The van der Waals surface area contributed by atoms with E-state index >= 15 is 0 Å². The van der Waals surface area contributed by atoms with E-state index in [1.165, 1.54) is 47.7 Å². The molecule has 3 nitrogen and oxygen atoms in total. The Kier molecular flexibility index (Phi) is 4.16. The van der Waals surface area contributed by atoms with E-state index in [2.05, 4.69) is 10.3 Å². The highest BCUT2D eigenvalue weighted by Gasteiger charge is 2.21. The fourth-order valence-corrected chi connectivity index (χ4v) is 4.31. The lowest BCUT2D eigenvalue weighted by atomic mass is 9.89. The Balaban J connectivity index is 1.43. The van der Waals surface area contributed by atoms with Gasteiger partial charge in [0.1, 0.15) is 0 Å². The van der Waals surface area contributed by atoms with Gasteiger partial charge in [0.2, 0.25) is 5.91 Å². The van der Waals surface area contributed by atoms with Gasteiger partial charge >= 0.3 is 0 Å². The van der Waals surface area contributed by atoms with Crippen molar-refractivity contribution in [1.82, 2.24) is 10.3 Å². The van der Waals surface area contributed by atoms with Crippen LogP contribution in [-0.4, -0.2) is 17.4 Å². The first-order valence-corrected chi connectivity index (χ1v) is 8.40. The summed E-state index contributed by atoms with van der Waals surface area (Å²) in [6.45, 7) is 0.752. The quantitative estimate of drug-likeness (QED) is 0.920. The largest absolute Gasteiger partial charge is 0.355 e. The van der Waals surface area contributed by atoms with Crippen molar-refractivity contribution in [3.05, 3.63) is 15.6 Å². The Morgan fingerprint density at radius 1 is 1.21 bits per heavy atom. The molecule has 0 aliphatic heterocycles. The van der Waals surface area contributed by atoms with Crippen molar-refractivity contribution in [3.63, 3.8) is 0 Å². The maximum Gasteiger partial charge on any atom is 0.223 e. The van der Waals surface area contributed by atoms with E-state index in [-0.39, 0.29) is 11.8 Å². The van der Waals surface area contributed by atoms with E-state index in [4.69, 9.17) is 0 Å². The van der Waals surface area contributed by atoms with Crippen LogP contribution in [0.3, 0.4) is 0 Å². The molecule has 1 amide bonds. The predicted octanol–water partition coefficient (Wildman–Crippen LogP) is 2.87. The number of hydrogen-bond donors (Lipinski definition) is 1. The molecule has 1 aromatic heterocycles.